The fourth-order valence-corrected chi connectivity index (χ4v) is 4.64. The highest BCUT2D eigenvalue weighted by Crippen LogP contribution is 2.31. The van der Waals surface area contributed by atoms with Crippen LogP contribution in [0, 0.1) is 0 Å². The normalized spacial score (nSPS) is 12.9. The first-order chi connectivity index (χ1) is 14.3. The molecule has 0 aliphatic carbocycles. The number of H-pyrrole nitrogens is 1. The van der Waals surface area contributed by atoms with Gasteiger partial charge in [0.1, 0.15) is 4.90 Å². The minimum atomic E-state index is -3.66. The molecular formula is C22H25N5O2S. The van der Waals surface area contributed by atoms with E-state index < -0.39 is 10.0 Å². The second-order valence-corrected chi connectivity index (χ2v) is 9.30. The molecule has 156 valence electrons. The van der Waals surface area contributed by atoms with Crippen LogP contribution >= 0.6 is 0 Å². The molecule has 4 rings (SSSR count). The summed E-state index contributed by atoms with van der Waals surface area (Å²) in [5.41, 5.74) is 4.21. The smallest absolute Gasteiger partial charge is 0.243 e. The van der Waals surface area contributed by atoms with Gasteiger partial charge in [0.15, 0.2) is 0 Å². The topological polar surface area (TPSA) is 83.0 Å². The average molecular weight is 424 g/mol. The van der Waals surface area contributed by atoms with E-state index in [0.717, 1.165) is 27.7 Å². The predicted molar refractivity (Wildman–Crippen MR) is 119 cm³/mol. The number of para-hydroxylation sites is 1. The molecule has 2 aromatic carbocycles. The summed E-state index contributed by atoms with van der Waals surface area (Å²) in [5.74, 6) is -0.149. The molecule has 2 aromatic heterocycles. The number of hydrogen-bond acceptors (Lipinski definition) is 4. The lowest BCUT2D eigenvalue weighted by Gasteiger charge is -2.20. The fourth-order valence-electron chi connectivity index (χ4n) is 3.61. The first kappa shape index (κ1) is 20.2. The summed E-state index contributed by atoms with van der Waals surface area (Å²) in [6.07, 6.45) is 4.82. The third-order valence-electron chi connectivity index (χ3n) is 5.28. The molecule has 0 bridgehead atoms. The van der Waals surface area contributed by atoms with Crippen molar-refractivity contribution in [3.8, 4) is 0 Å². The van der Waals surface area contributed by atoms with Crippen LogP contribution in [0.3, 0.4) is 0 Å². The maximum absolute atomic E-state index is 12.8. The van der Waals surface area contributed by atoms with Crippen molar-refractivity contribution >= 4 is 26.6 Å². The minimum Gasteiger partial charge on any atom is -0.378 e. The fraction of sp³-hybridized carbons (Fsp3) is 0.227. The van der Waals surface area contributed by atoms with Gasteiger partial charge in [-0.05, 0) is 29.3 Å². The first-order valence-electron chi connectivity index (χ1n) is 9.67. The zero-order chi connectivity index (χ0) is 21.3. The van der Waals surface area contributed by atoms with E-state index >= 15 is 0 Å². The summed E-state index contributed by atoms with van der Waals surface area (Å²) >= 11 is 0. The van der Waals surface area contributed by atoms with E-state index in [1.54, 1.807) is 7.05 Å². The third kappa shape index (κ3) is 3.96. The number of fused-ring (bicyclic) bond motifs is 1. The van der Waals surface area contributed by atoms with Crippen LogP contribution in [0.15, 0.2) is 72.0 Å². The Morgan fingerprint density at radius 1 is 1.13 bits per heavy atom. The molecule has 0 aliphatic rings. The summed E-state index contributed by atoms with van der Waals surface area (Å²) in [5, 5.41) is 5.06. The van der Waals surface area contributed by atoms with Gasteiger partial charge in [0.2, 0.25) is 10.0 Å². The van der Waals surface area contributed by atoms with E-state index in [4.69, 9.17) is 0 Å². The number of aromatic amines is 1. The Hall–Kier alpha value is -3.10. The molecule has 0 spiro atoms. The van der Waals surface area contributed by atoms with Gasteiger partial charge in [0.05, 0.1) is 6.20 Å². The van der Waals surface area contributed by atoms with Crippen LogP contribution in [0.25, 0.3) is 10.9 Å². The lowest BCUT2D eigenvalue weighted by atomic mass is 9.91. The zero-order valence-electron chi connectivity index (χ0n) is 17.2. The van der Waals surface area contributed by atoms with Crippen LogP contribution in [0.2, 0.25) is 0 Å². The third-order valence-corrected chi connectivity index (χ3v) is 6.66. The molecule has 0 amide bonds. The van der Waals surface area contributed by atoms with Gasteiger partial charge < -0.3 is 9.88 Å². The summed E-state index contributed by atoms with van der Waals surface area (Å²) < 4.78 is 29.8. The lowest BCUT2D eigenvalue weighted by molar-refractivity contribution is 0.577. The van der Waals surface area contributed by atoms with Crippen LogP contribution in [0.1, 0.15) is 17.0 Å². The second kappa shape index (κ2) is 7.97. The highest BCUT2D eigenvalue weighted by atomic mass is 32.2. The van der Waals surface area contributed by atoms with Crippen molar-refractivity contribution in [2.24, 2.45) is 7.05 Å². The van der Waals surface area contributed by atoms with E-state index in [-0.39, 0.29) is 17.4 Å². The van der Waals surface area contributed by atoms with Crippen molar-refractivity contribution in [1.29, 1.82) is 0 Å². The number of aromatic nitrogens is 3. The molecule has 2 heterocycles. The number of anilines is 1. The molecular weight excluding hydrogens is 398 g/mol. The van der Waals surface area contributed by atoms with E-state index in [1.165, 1.54) is 17.1 Å². The molecule has 0 aliphatic heterocycles. The number of hydrogen-bond donors (Lipinski definition) is 2. The SMILES string of the molecule is CN(C)c1ccc(C(CNS(=O)(=O)c2cnn(C)c2)c2c[nH]c3ccccc23)cc1. The van der Waals surface area contributed by atoms with Crippen molar-refractivity contribution in [2.75, 3.05) is 25.5 Å². The molecule has 4 aromatic rings. The first-order valence-corrected chi connectivity index (χ1v) is 11.1. The zero-order valence-corrected chi connectivity index (χ0v) is 18.0. The number of nitrogens with one attached hydrogen (secondary N) is 2. The average Bonchev–Trinajstić information content (AvgIpc) is 3.36. The maximum Gasteiger partial charge on any atom is 0.243 e. The lowest BCUT2D eigenvalue weighted by Crippen LogP contribution is -2.29. The standard InChI is InChI=1S/C22H25N5O2S/c1-26(2)17-10-8-16(9-11-17)20(21-13-23-22-7-5-4-6-19(21)22)14-25-30(28,29)18-12-24-27(3)15-18/h4-13,15,20,23,25H,14H2,1-3H3. The van der Waals surface area contributed by atoms with Gasteiger partial charge in [0.25, 0.3) is 0 Å². The van der Waals surface area contributed by atoms with Crippen molar-refractivity contribution in [2.45, 2.75) is 10.8 Å². The van der Waals surface area contributed by atoms with Crippen LogP contribution in [0.5, 0.6) is 0 Å². The molecule has 0 saturated carbocycles. The van der Waals surface area contributed by atoms with Gasteiger partial charge in [0, 0.05) is 62.6 Å². The van der Waals surface area contributed by atoms with E-state index in [9.17, 15) is 8.42 Å². The number of nitrogens with zero attached hydrogens (tertiary/aromatic N) is 3. The highest BCUT2D eigenvalue weighted by Gasteiger charge is 2.23. The van der Waals surface area contributed by atoms with Crippen molar-refractivity contribution in [3.05, 3.63) is 78.2 Å². The number of aryl methyl sites for hydroxylation is 1. The summed E-state index contributed by atoms with van der Waals surface area (Å²) in [6.45, 7) is 0.236. The maximum atomic E-state index is 12.8. The molecule has 2 N–H and O–H groups in total. The van der Waals surface area contributed by atoms with Gasteiger partial charge in [-0.3, -0.25) is 4.68 Å². The Labute approximate surface area is 176 Å². The van der Waals surface area contributed by atoms with Crippen molar-refractivity contribution in [1.82, 2.24) is 19.5 Å². The van der Waals surface area contributed by atoms with Gasteiger partial charge in [-0.15, -0.1) is 0 Å². The highest BCUT2D eigenvalue weighted by molar-refractivity contribution is 7.89. The van der Waals surface area contributed by atoms with Gasteiger partial charge in [-0.25, -0.2) is 13.1 Å². The Bertz CT molecular complexity index is 1260. The molecule has 1 unspecified atom stereocenters. The van der Waals surface area contributed by atoms with Crippen LogP contribution in [0.4, 0.5) is 5.69 Å². The van der Waals surface area contributed by atoms with E-state index in [0.29, 0.717) is 0 Å². The van der Waals surface area contributed by atoms with Gasteiger partial charge >= 0.3 is 0 Å². The summed E-state index contributed by atoms with van der Waals surface area (Å²) in [6, 6.07) is 16.3. The molecule has 0 fully saturated rings. The molecule has 1 atom stereocenters. The number of rotatable bonds is 7. The number of sulfonamides is 1. The Kier molecular flexibility index (Phi) is 5.36. The Morgan fingerprint density at radius 3 is 2.53 bits per heavy atom. The van der Waals surface area contributed by atoms with Crippen molar-refractivity contribution < 1.29 is 8.42 Å². The summed E-state index contributed by atoms with van der Waals surface area (Å²) in [4.78, 5) is 5.50. The quantitative estimate of drug-likeness (QED) is 0.479. The van der Waals surface area contributed by atoms with Gasteiger partial charge in [-0.2, -0.15) is 5.10 Å². The largest absolute Gasteiger partial charge is 0.378 e. The van der Waals surface area contributed by atoms with Crippen LogP contribution < -0.4 is 9.62 Å². The second-order valence-electron chi connectivity index (χ2n) is 7.53. The van der Waals surface area contributed by atoms with E-state index in [2.05, 4.69) is 33.0 Å². The molecule has 0 radical (unpaired) electrons. The molecule has 0 saturated heterocycles. The monoisotopic (exact) mass is 423 g/mol. The minimum absolute atomic E-state index is 0.149. The van der Waals surface area contributed by atoms with E-state index in [1.807, 2.05) is 55.5 Å². The van der Waals surface area contributed by atoms with Crippen LogP contribution in [-0.4, -0.2) is 43.8 Å². The summed E-state index contributed by atoms with van der Waals surface area (Å²) in [7, 11) is 2.02. The predicted octanol–water partition coefficient (Wildman–Crippen LogP) is 3.08. The molecule has 30 heavy (non-hydrogen) atoms. The Morgan fingerprint density at radius 2 is 1.87 bits per heavy atom. The molecule has 8 heteroatoms. The number of benzene rings is 2. The molecule has 7 nitrogen and oxygen atoms in total. The van der Waals surface area contributed by atoms with Gasteiger partial charge in [-0.1, -0.05) is 30.3 Å². The van der Waals surface area contributed by atoms with Crippen LogP contribution in [-0.2, 0) is 17.1 Å². The Balaban J connectivity index is 1.70. The van der Waals surface area contributed by atoms with Crippen molar-refractivity contribution in [3.63, 3.8) is 0 Å².